The third-order valence-corrected chi connectivity index (χ3v) is 6.70. The number of piperidine rings is 1. The highest BCUT2D eigenvalue weighted by Crippen LogP contribution is 2.26. The topological polar surface area (TPSA) is 110 Å². The number of hydrogen-bond acceptors (Lipinski definition) is 5. The van der Waals surface area contributed by atoms with Crippen molar-refractivity contribution >= 4 is 21.8 Å². The monoisotopic (exact) mass is 397 g/mol. The van der Waals surface area contributed by atoms with E-state index in [-0.39, 0.29) is 29.0 Å². The van der Waals surface area contributed by atoms with Crippen LogP contribution >= 0.6 is 0 Å². The molecule has 0 aliphatic carbocycles. The molecule has 1 aliphatic heterocycles. The van der Waals surface area contributed by atoms with Gasteiger partial charge < -0.3 is 15.4 Å². The van der Waals surface area contributed by atoms with Crippen molar-refractivity contribution in [3.63, 3.8) is 0 Å². The number of primary amides is 1. The number of likely N-dealkylation sites (tertiary alicyclic amines) is 1. The Morgan fingerprint density at radius 3 is 2.41 bits per heavy atom. The van der Waals surface area contributed by atoms with E-state index in [1.165, 1.54) is 27.3 Å². The fourth-order valence-electron chi connectivity index (χ4n) is 3.13. The number of carbonyl (C=O) groups is 2. The maximum atomic E-state index is 12.5. The third kappa shape index (κ3) is 4.98. The fourth-order valence-corrected chi connectivity index (χ4v) is 4.09. The van der Waals surface area contributed by atoms with Gasteiger partial charge in [-0.05, 0) is 43.0 Å². The molecular weight excluding hydrogens is 370 g/mol. The summed E-state index contributed by atoms with van der Waals surface area (Å²) in [5.74, 6) is 0.0432. The third-order valence-electron chi connectivity index (χ3n) is 4.89. The van der Waals surface area contributed by atoms with Crippen LogP contribution in [-0.2, 0) is 26.0 Å². The van der Waals surface area contributed by atoms with Crippen LogP contribution in [0, 0.1) is 5.92 Å². The molecule has 150 valence electrons. The summed E-state index contributed by atoms with van der Waals surface area (Å²) in [7, 11) is 0.892. The van der Waals surface area contributed by atoms with Gasteiger partial charge >= 0.3 is 0 Å². The van der Waals surface area contributed by atoms with Crippen molar-refractivity contribution in [1.82, 2.24) is 9.21 Å². The number of hydrogen-bond donors (Lipinski definition) is 1. The largest absolute Gasteiger partial charge is 0.496 e. The molecule has 2 N–H and O–H groups in total. The molecule has 1 aromatic carbocycles. The van der Waals surface area contributed by atoms with Gasteiger partial charge in [-0.25, -0.2) is 12.7 Å². The number of methoxy groups -OCH3 is 1. The Morgan fingerprint density at radius 2 is 1.89 bits per heavy atom. The van der Waals surface area contributed by atoms with Gasteiger partial charge in [-0.3, -0.25) is 9.59 Å². The first-order chi connectivity index (χ1) is 12.7. The highest BCUT2D eigenvalue weighted by molar-refractivity contribution is 7.89. The predicted molar refractivity (Wildman–Crippen MR) is 101 cm³/mol. The predicted octanol–water partition coefficient (Wildman–Crippen LogP) is 0.602. The number of sulfonamides is 1. The van der Waals surface area contributed by atoms with Gasteiger partial charge in [0.15, 0.2) is 0 Å². The molecule has 0 atom stereocenters. The SMILES string of the molecule is COc1ccc(S(=O)(=O)N(C)C)cc1CCC(=O)N1CCC(C(N)=O)CC1. The summed E-state index contributed by atoms with van der Waals surface area (Å²) in [6, 6.07) is 4.66. The number of ether oxygens (including phenoxy) is 1. The molecule has 0 saturated carbocycles. The van der Waals surface area contributed by atoms with E-state index in [2.05, 4.69) is 0 Å². The summed E-state index contributed by atoms with van der Waals surface area (Å²) in [6.45, 7) is 1.03. The van der Waals surface area contributed by atoms with E-state index in [1.54, 1.807) is 17.0 Å². The van der Waals surface area contributed by atoms with Crippen molar-refractivity contribution < 1.29 is 22.7 Å². The van der Waals surface area contributed by atoms with Crippen molar-refractivity contribution in [2.24, 2.45) is 11.7 Å². The second-order valence-corrected chi connectivity index (χ2v) is 8.97. The van der Waals surface area contributed by atoms with Gasteiger partial charge in [-0.1, -0.05) is 0 Å². The molecule has 1 fully saturated rings. The lowest BCUT2D eigenvalue weighted by molar-refractivity contribution is -0.134. The first-order valence-corrected chi connectivity index (χ1v) is 10.3. The number of nitrogens with zero attached hydrogens (tertiary/aromatic N) is 2. The fraction of sp³-hybridized carbons (Fsp3) is 0.556. The Kier molecular flexibility index (Phi) is 6.83. The molecule has 27 heavy (non-hydrogen) atoms. The number of benzene rings is 1. The van der Waals surface area contributed by atoms with Crippen LogP contribution < -0.4 is 10.5 Å². The summed E-state index contributed by atoms with van der Waals surface area (Å²) in [4.78, 5) is 25.6. The summed E-state index contributed by atoms with van der Waals surface area (Å²) in [5.41, 5.74) is 5.98. The molecule has 8 nitrogen and oxygen atoms in total. The quantitative estimate of drug-likeness (QED) is 0.725. The average Bonchev–Trinajstić information content (AvgIpc) is 2.65. The zero-order valence-corrected chi connectivity index (χ0v) is 16.8. The first-order valence-electron chi connectivity index (χ1n) is 8.83. The molecule has 0 radical (unpaired) electrons. The second kappa shape index (κ2) is 8.71. The van der Waals surface area contributed by atoms with Crippen LogP contribution in [0.1, 0.15) is 24.8 Å². The summed E-state index contributed by atoms with van der Waals surface area (Å²) in [5, 5.41) is 0. The lowest BCUT2D eigenvalue weighted by Gasteiger charge is -2.30. The molecule has 2 rings (SSSR count). The first kappa shape index (κ1) is 21.2. The van der Waals surface area contributed by atoms with Crippen molar-refractivity contribution in [2.45, 2.75) is 30.6 Å². The van der Waals surface area contributed by atoms with Gasteiger partial charge in [0.1, 0.15) is 5.75 Å². The van der Waals surface area contributed by atoms with E-state index < -0.39 is 10.0 Å². The molecule has 1 aliphatic rings. The zero-order chi connectivity index (χ0) is 20.2. The van der Waals surface area contributed by atoms with Crippen molar-refractivity contribution in [3.05, 3.63) is 23.8 Å². The lowest BCUT2D eigenvalue weighted by Crippen LogP contribution is -2.41. The van der Waals surface area contributed by atoms with E-state index >= 15 is 0 Å². The molecule has 2 amide bonds. The molecule has 1 saturated heterocycles. The molecule has 1 heterocycles. The van der Waals surface area contributed by atoms with Crippen LogP contribution in [0.15, 0.2) is 23.1 Å². The number of nitrogens with two attached hydrogens (primary N) is 1. The summed E-state index contributed by atoms with van der Waals surface area (Å²) < 4.78 is 31.1. The number of carbonyl (C=O) groups excluding carboxylic acids is 2. The lowest BCUT2D eigenvalue weighted by atomic mass is 9.96. The van der Waals surface area contributed by atoms with Crippen LogP contribution in [0.25, 0.3) is 0 Å². The van der Waals surface area contributed by atoms with E-state index in [4.69, 9.17) is 10.5 Å². The Bertz CT molecular complexity index is 799. The maximum Gasteiger partial charge on any atom is 0.242 e. The van der Waals surface area contributed by atoms with Crippen LogP contribution in [0.2, 0.25) is 0 Å². The summed E-state index contributed by atoms with van der Waals surface area (Å²) >= 11 is 0. The molecule has 0 bridgehead atoms. The summed E-state index contributed by atoms with van der Waals surface area (Å²) in [6.07, 6.45) is 1.78. The second-order valence-electron chi connectivity index (χ2n) is 6.82. The number of rotatable bonds is 7. The number of aryl methyl sites for hydroxylation is 1. The van der Waals surface area contributed by atoms with Gasteiger partial charge in [0, 0.05) is 39.5 Å². The molecular formula is C18H27N3O5S. The average molecular weight is 397 g/mol. The maximum absolute atomic E-state index is 12.5. The van der Waals surface area contributed by atoms with E-state index in [0.717, 1.165) is 4.31 Å². The van der Waals surface area contributed by atoms with Crippen LogP contribution in [-0.4, -0.2) is 63.7 Å². The van der Waals surface area contributed by atoms with Crippen LogP contribution in [0.5, 0.6) is 5.75 Å². The van der Waals surface area contributed by atoms with Gasteiger partial charge in [0.25, 0.3) is 0 Å². The highest BCUT2D eigenvalue weighted by atomic mass is 32.2. The Balaban J connectivity index is 2.06. The minimum absolute atomic E-state index is 0.0270. The molecule has 0 spiro atoms. The van der Waals surface area contributed by atoms with Gasteiger partial charge in [0.2, 0.25) is 21.8 Å². The number of amides is 2. The molecule has 1 aromatic rings. The van der Waals surface area contributed by atoms with Gasteiger partial charge in [-0.15, -0.1) is 0 Å². The molecule has 0 aromatic heterocycles. The van der Waals surface area contributed by atoms with Crippen molar-refractivity contribution in [3.8, 4) is 5.75 Å². The van der Waals surface area contributed by atoms with Crippen LogP contribution in [0.4, 0.5) is 0 Å². The Labute approximate surface area is 160 Å². The van der Waals surface area contributed by atoms with Crippen molar-refractivity contribution in [2.75, 3.05) is 34.3 Å². The minimum atomic E-state index is -3.56. The van der Waals surface area contributed by atoms with E-state index in [0.29, 0.717) is 43.7 Å². The Morgan fingerprint density at radius 1 is 1.26 bits per heavy atom. The Hall–Kier alpha value is -2.13. The standard InChI is InChI=1S/C18H27N3O5S/c1-20(2)27(24,25)15-5-6-16(26-3)14(12-15)4-7-17(22)21-10-8-13(9-11-21)18(19)23/h5-6,12-13H,4,7-11H2,1-3H3,(H2,19,23). The normalized spacial score (nSPS) is 15.8. The highest BCUT2D eigenvalue weighted by Gasteiger charge is 2.26. The minimum Gasteiger partial charge on any atom is -0.496 e. The molecule has 0 unspecified atom stereocenters. The van der Waals surface area contributed by atoms with Crippen LogP contribution in [0.3, 0.4) is 0 Å². The van der Waals surface area contributed by atoms with E-state index in [9.17, 15) is 18.0 Å². The smallest absolute Gasteiger partial charge is 0.242 e. The van der Waals surface area contributed by atoms with Gasteiger partial charge in [-0.2, -0.15) is 0 Å². The van der Waals surface area contributed by atoms with Crippen molar-refractivity contribution in [1.29, 1.82) is 0 Å². The zero-order valence-electron chi connectivity index (χ0n) is 16.0. The van der Waals surface area contributed by atoms with Gasteiger partial charge in [0.05, 0.1) is 12.0 Å². The van der Waals surface area contributed by atoms with E-state index in [1.807, 2.05) is 0 Å². The molecule has 9 heteroatoms.